The zero-order valence-corrected chi connectivity index (χ0v) is 14.0. The highest BCUT2D eigenvalue weighted by Crippen LogP contribution is 2.23. The van der Waals surface area contributed by atoms with Gasteiger partial charge in [-0.25, -0.2) is 9.37 Å². The van der Waals surface area contributed by atoms with Crippen molar-refractivity contribution in [3.05, 3.63) is 60.2 Å². The van der Waals surface area contributed by atoms with Crippen LogP contribution in [0, 0.1) is 5.82 Å². The largest absolute Gasteiger partial charge is 0.353 e. The lowest BCUT2D eigenvalue weighted by molar-refractivity contribution is 0.0737. The number of para-hydroxylation sites is 1. The molecule has 5 nitrogen and oxygen atoms in total. The minimum absolute atomic E-state index is 0.0567. The number of anilines is 1. The Kier molecular flexibility index (Phi) is 3.87. The van der Waals surface area contributed by atoms with Crippen LogP contribution in [0.2, 0.25) is 0 Å². The predicted molar refractivity (Wildman–Crippen MR) is 95.2 cm³/mol. The summed E-state index contributed by atoms with van der Waals surface area (Å²) in [5, 5.41) is 0.748. The average molecular weight is 338 g/mol. The van der Waals surface area contributed by atoms with E-state index in [-0.39, 0.29) is 11.7 Å². The van der Waals surface area contributed by atoms with Gasteiger partial charge in [0.1, 0.15) is 17.3 Å². The fourth-order valence-corrected chi connectivity index (χ4v) is 3.41. The number of fused-ring (bicyclic) bond motifs is 1. The molecule has 0 saturated carbocycles. The van der Waals surface area contributed by atoms with Gasteiger partial charge in [0.05, 0.1) is 5.52 Å². The number of rotatable bonds is 2. The van der Waals surface area contributed by atoms with Gasteiger partial charge in [0.15, 0.2) is 0 Å². The zero-order chi connectivity index (χ0) is 17.4. The van der Waals surface area contributed by atoms with Gasteiger partial charge in [0, 0.05) is 44.8 Å². The molecular formula is C19H19FN4O. The summed E-state index contributed by atoms with van der Waals surface area (Å²) in [5.41, 5.74) is 0.990. The van der Waals surface area contributed by atoms with E-state index in [1.165, 1.54) is 6.07 Å². The van der Waals surface area contributed by atoms with Crippen molar-refractivity contribution in [2.24, 2.45) is 7.05 Å². The summed E-state index contributed by atoms with van der Waals surface area (Å²) in [5.74, 6) is 0.569. The third-order valence-corrected chi connectivity index (χ3v) is 4.77. The molecule has 2 aromatic heterocycles. The van der Waals surface area contributed by atoms with E-state index in [9.17, 15) is 9.18 Å². The molecule has 0 radical (unpaired) electrons. The number of carbonyl (C=O) groups excluding carboxylic acids is 1. The zero-order valence-electron chi connectivity index (χ0n) is 14.0. The maximum atomic E-state index is 14.0. The maximum absolute atomic E-state index is 14.0. The number of carbonyl (C=O) groups is 1. The van der Waals surface area contributed by atoms with Crippen LogP contribution in [0.25, 0.3) is 10.9 Å². The molecule has 25 heavy (non-hydrogen) atoms. The van der Waals surface area contributed by atoms with E-state index in [1.54, 1.807) is 29.9 Å². The van der Waals surface area contributed by atoms with Crippen molar-refractivity contribution in [2.75, 3.05) is 31.1 Å². The van der Waals surface area contributed by atoms with Crippen molar-refractivity contribution in [2.45, 2.75) is 0 Å². The average Bonchev–Trinajstić information content (AvgIpc) is 3.00. The number of hydrogen-bond donors (Lipinski definition) is 0. The summed E-state index contributed by atoms with van der Waals surface area (Å²) in [7, 11) is 1.74. The van der Waals surface area contributed by atoms with Crippen molar-refractivity contribution in [3.8, 4) is 0 Å². The lowest BCUT2D eigenvalue weighted by Gasteiger charge is -2.35. The van der Waals surface area contributed by atoms with Crippen LogP contribution in [0.4, 0.5) is 10.2 Å². The second kappa shape index (κ2) is 6.20. The molecule has 1 fully saturated rings. The molecule has 1 amide bonds. The number of halogens is 1. The topological polar surface area (TPSA) is 41.4 Å². The number of hydrogen-bond acceptors (Lipinski definition) is 3. The molecule has 1 saturated heterocycles. The van der Waals surface area contributed by atoms with Gasteiger partial charge >= 0.3 is 0 Å². The van der Waals surface area contributed by atoms with Crippen molar-refractivity contribution in [1.29, 1.82) is 0 Å². The molecule has 1 aliphatic heterocycles. The van der Waals surface area contributed by atoms with Crippen LogP contribution in [0.3, 0.4) is 0 Å². The smallest absolute Gasteiger partial charge is 0.270 e. The molecule has 128 valence electrons. The van der Waals surface area contributed by atoms with Crippen molar-refractivity contribution in [3.63, 3.8) is 0 Å². The Hall–Kier alpha value is -2.89. The van der Waals surface area contributed by atoms with Crippen LogP contribution in [-0.2, 0) is 7.05 Å². The molecule has 3 heterocycles. The maximum Gasteiger partial charge on any atom is 0.270 e. The van der Waals surface area contributed by atoms with E-state index in [4.69, 9.17) is 0 Å². The lowest BCUT2D eigenvalue weighted by atomic mass is 10.2. The first-order chi connectivity index (χ1) is 12.1. The van der Waals surface area contributed by atoms with Gasteiger partial charge in [0.25, 0.3) is 5.91 Å². The summed E-state index contributed by atoms with van der Waals surface area (Å²) >= 11 is 0. The van der Waals surface area contributed by atoms with Gasteiger partial charge in [-0.2, -0.15) is 0 Å². The van der Waals surface area contributed by atoms with Gasteiger partial charge in [-0.15, -0.1) is 0 Å². The van der Waals surface area contributed by atoms with Crippen molar-refractivity contribution >= 4 is 22.6 Å². The fourth-order valence-electron chi connectivity index (χ4n) is 3.41. The number of benzene rings is 1. The highest BCUT2D eigenvalue weighted by molar-refractivity contribution is 5.99. The van der Waals surface area contributed by atoms with Crippen LogP contribution in [-0.4, -0.2) is 46.5 Å². The fraction of sp³-hybridized carbons (Fsp3) is 0.263. The Bertz CT molecular complexity index is 914. The standard InChI is InChI=1S/C19H19FN4O/c1-22-16(13-14-5-4-6-15(20)18(14)22)19(25)24-11-9-23(10-12-24)17-7-2-3-8-21-17/h2-8,13H,9-12H2,1H3. The van der Waals surface area contributed by atoms with Gasteiger partial charge < -0.3 is 14.4 Å². The molecule has 0 unspecified atom stereocenters. The normalized spacial score (nSPS) is 15.0. The van der Waals surface area contributed by atoms with E-state index in [1.807, 2.05) is 29.2 Å². The van der Waals surface area contributed by atoms with Gasteiger partial charge in [-0.1, -0.05) is 18.2 Å². The molecule has 0 spiro atoms. The van der Waals surface area contributed by atoms with E-state index in [0.29, 0.717) is 24.3 Å². The summed E-state index contributed by atoms with van der Waals surface area (Å²) in [6.45, 7) is 2.72. The Balaban J connectivity index is 1.53. The van der Waals surface area contributed by atoms with E-state index in [2.05, 4.69) is 9.88 Å². The van der Waals surface area contributed by atoms with Crippen LogP contribution in [0.5, 0.6) is 0 Å². The molecule has 4 rings (SSSR count). The van der Waals surface area contributed by atoms with Crippen molar-refractivity contribution in [1.82, 2.24) is 14.5 Å². The first-order valence-corrected chi connectivity index (χ1v) is 8.34. The Morgan fingerprint density at radius 3 is 2.56 bits per heavy atom. The van der Waals surface area contributed by atoms with Crippen LogP contribution < -0.4 is 4.90 Å². The number of pyridine rings is 1. The summed E-state index contributed by atoms with van der Waals surface area (Å²) < 4.78 is 15.7. The molecule has 0 N–H and O–H groups in total. The number of nitrogens with zero attached hydrogens (tertiary/aromatic N) is 4. The lowest BCUT2D eigenvalue weighted by Crippen LogP contribution is -2.49. The monoisotopic (exact) mass is 338 g/mol. The summed E-state index contributed by atoms with van der Waals surface area (Å²) in [4.78, 5) is 21.2. The first-order valence-electron chi connectivity index (χ1n) is 8.34. The van der Waals surface area contributed by atoms with Gasteiger partial charge in [-0.3, -0.25) is 4.79 Å². The second-order valence-corrected chi connectivity index (χ2v) is 6.23. The third-order valence-electron chi connectivity index (χ3n) is 4.77. The Morgan fingerprint density at radius 1 is 1.08 bits per heavy atom. The van der Waals surface area contributed by atoms with Crippen molar-refractivity contribution < 1.29 is 9.18 Å². The SMILES string of the molecule is Cn1c(C(=O)N2CCN(c3ccccn3)CC2)cc2cccc(F)c21. The van der Waals surface area contributed by atoms with Gasteiger partial charge in [0.2, 0.25) is 0 Å². The van der Waals surface area contributed by atoms with Crippen LogP contribution in [0.15, 0.2) is 48.7 Å². The third kappa shape index (κ3) is 2.73. The molecule has 1 aromatic carbocycles. The molecule has 0 aliphatic carbocycles. The molecule has 1 aliphatic rings. The predicted octanol–water partition coefficient (Wildman–Crippen LogP) is 2.67. The molecule has 0 atom stereocenters. The Morgan fingerprint density at radius 2 is 1.88 bits per heavy atom. The van der Waals surface area contributed by atoms with Gasteiger partial charge in [-0.05, 0) is 24.3 Å². The highest BCUT2D eigenvalue weighted by atomic mass is 19.1. The van der Waals surface area contributed by atoms with E-state index >= 15 is 0 Å². The molecule has 3 aromatic rings. The molecule has 6 heteroatoms. The number of aryl methyl sites for hydroxylation is 1. The van der Waals surface area contributed by atoms with Crippen LogP contribution in [0.1, 0.15) is 10.5 Å². The minimum atomic E-state index is -0.306. The van der Waals surface area contributed by atoms with E-state index < -0.39 is 0 Å². The summed E-state index contributed by atoms with van der Waals surface area (Å²) in [6, 6.07) is 12.5. The van der Waals surface area contributed by atoms with Crippen LogP contribution >= 0.6 is 0 Å². The second-order valence-electron chi connectivity index (χ2n) is 6.23. The Labute approximate surface area is 145 Å². The number of piperazine rings is 1. The van der Waals surface area contributed by atoms with E-state index in [0.717, 1.165) is 24.3 Å². The summed E-state index contributed by atoms with van der Waals surface area (Å²) in [6.07, 6.45) is 1.77. The number of aromatic nitrogens is 2. The number of amides is 1. The molecule has 0 bridgehead atoms. The highest BCUT2D eigenvalue weighted by Gasteiger charge is 2.25. The quantitative estimate of drug-likeness (QED) is 0.721. The first kappa shape index (κ1) is 15.6. The molecular weight excluding hydrogens is 319 g/mol. The minimum Gasteiger partial charge on any atom is -0.353 e.